The lowest BCUT2D eigenvalue weighted by Gasteiger charge is -2.11. The number of ether oxygens (including phenoxy) is 3. The molecule has 0 aliphatic carbocycles. The predicted molar refractivity (Wildman–Crippen MR) is 96.2 cm³/mol. The number of hydrogen-bond donors (Lipinski definition) is 3. The summed E-state index contributed by atoms with van der Waals surface area (Å²) in [7, 11) is 1.54. The molecule has 7 heteroatoms. The highest BCUT2D eigenvalue weighted by Gasteiger charge is 2.13. The Balaban J connectivity index is 1.56. The quantitative estimate of drug-likeness (QED) is 0.459. The van der Waals surface area contributed by atoms with E-state index >= 15 is 0 Å². The number of aromatic carboxylic acids is 1. The molecular weight excluding hydrogens is 336 g/mol. The number of H-pyrrole nitrogens is 2. The average molecular weight is 352 g/mol. The zero-order valence-corrected chi connectivity index (χ0v) is 13.9. The van der Waals surface area contributed by atoms with Crippen molar-refractivity contribution in [2.24, 2.45) is 0 Å². The van der Waals surface area contributed by atoms with E-state index in [0.29, 0.717) is 28.2 Å². The maximum Gasteiger partial charge on any atom is 0.352 e. The molecule has 0 fully saturated rings. The molecule has 7 nitrogen and oxygen atoms in total. The highest BCUT2D eigenvalue weighted by molar-refractivity contribution is 5.96. The van der Waals surface area contributed by atoms with E-state index < -0.39 is 5.97 Å². The summed E-state index contributed by atoms with van der Waals surface area (Å²) in [5, 5.41) is 10.9. The van der Waals surface area contributed by atoms with Gasteiger partial charge in [-0.3, -0.25) is 0 Å². The maximum absolute atomic E-state index is 11.2. The summed E-state index contributed by atoms with van der Waals surface area (Å²) in [6.07, 6.45) is 1.86. The van der Waals surface area contributed by atoms with Gasteiger partial charge in [-0.25, -0.2) is 4.79 Å². The van der Waals surface area contributed by atoms with E-state index in [4.69, 9.17) is 19.3 Å². The number of carboxylic acids is 1. The normalized spacial score (nSPS) is 11.0. The molecule has 2 aromatic carbocycles. The van der Waals surface area contributed by atoms with E-state index in [9.17, 15) is 4.79 Å². The van der Waals surface area contributed by atoms with Crippen molar-refractivity contribution in [1.82, 2.24) is 9.97 Å². The molecule has 0 radical (unpaired) electrons. The molecule has 0 saturated heterocycles. The molecule has 132 valence electrons. The van der Waals surface area contributed by atoms with E-state index in [0.717, 1.165) is 10.9 Å². The van der Waals surface area contributed by atoms with Gasteiger partial charge in [0.05, 0.1) is 12.6 Å². The van der Waals surface area contributed by atoms with Crippen LogP contribution < -0.4 is 14.2 Å². The van der Waals surface area contributed by atoms with Crippen molar-refractivity contribution < 1.29 is 24.1 Å². The van der Waals surface area contributed by atoms with Crippen LogP contribution >= 0.6 is 0 Å². The predicted octanol–water partition coefficient (Wildman–Crippen LogP) is 3.77. The molecule has 0 saturated carbocycles. The molecule has 0 unspecified atom stereocenters. The lowest BCUT2D eigenvalue weighted by molar-refractivity contribution is 0.0691. The number of carbonyl (C=O) groups is 1. The van der Waals surface area contributed by atoms with Crippen molar-refractivity contribution in [3.05, 3.63) is 54.4 Å². The Morgan fingerprint density at radius 3 is 2.69 bits per heavy atom. The summed E-state index contributed by atoms with van der Waals surface area (Å²) in [5.74, 6) is 0.657. The molecule has 0 aliphatic rings. The number of nitrogens with one attached hydrogen (secondary N) is 2. The van der Waals surface area contributed by atoms with Crippen LogP contribution in [0.4, 0.5) is 0 Å². The number of hydrogen-bond acceptors (Lipinski definition) is 4. The van der Waals surface area contributed by atoms with E-state index in [2.05, 4.69) is 9.97 Å². The van der Waals surface area contributed by atoms with E-state index in [-0.39, 0.29) is 12.5 Å². The first-order valence-electron chi connectivity index (χ1n) is 7.91. The fraction of sp³-hybridized carbons (Fsp3) is 0.105. The number of benzene rings is 2. The van der Waals surface area contributed by atoms with Gasteiger partial charge in [0.15, 0.2) is 0 Å². The standard InChI is InChI=1S/C19H16N2O5/c1-24-13-7-16-14(9-17(21-16)19(22)23)18(8-13)26-10-25-12-3-2-11-4-5-20-15(11)6-12/h2-9,20-21H,10H2,1H3,(H,22,23). The minimum Gasteiger partial charge on any atom is -0.497 e. The Labute approximate surface area is 148 Å². The van der Waals surface area contributed by atoms with Gasteiger partial charge in [0.1, 0.15) is 22.9 Å². The smallest absolute Gasteiger partial charge is 0.352 e. The molecular formula is C19H16N2O5. The molecule has 0 amide bonds. The minimum atomic E-state index is -1.04. The largest absolute Gasteiger partial charge is 0.497 e. The molecule has 4 rings (SSSR count). The van der Waals surface area contributed by atoms with Crippen molar-refractivity contribution in [3.8, 4) is 17.2 Å². The first-order chi connectivity index (χ1) is 12.6. The van der Waals surface area contributed by atoms with Crippen LogP contribution in [-0.4, -0.2) is 34.9 Å². The van der Waals surface area contributed by atoms with Gasteiger partial charge in [0.2, 0.25) is 6.79 Å². The summed E-state index contributed by atoms with van der Waals surface area (Å²) in [6.45, 7) is -0.0257. The van der Waals surface area contributed by atoms with Crippen molar-refractivity contribution in [2.75, 3.05) is 13.9 Å². The first kappa shape index (κ1) is 15.9. The van der Waals surface area contributed by atoms with Gasteiger partial charge < -0.3 is 29.3 Å². The van der Waals surface area contributed by atoms with E-state index in [1.54, 1.807) is 12.1 Å². The van der Waals surface area contributed by atoms with E-state index in [1.165, 1.54) is 13.2 Å². The van der Waals surface area contributed by atoms with Crippen LogP contribution in [0.15, 0.2) is 48.7 Å². The van der Waals surface area contributed by atoms with Gasteiger partial charge in [-0.15, -0.1) is 0 Å². The van der Waals surface area contributed by atoms with Crippen LogP contribution in [0.3, 0.4) is 0 Å². The second-order valence-electron chi connectivity index (χ2n) is 5.71. The average Bonchev–Trinajstić information content (AvgIpc) is 3.27. The van der Waals surface area contributed by atoms with Gasteiger partial charge in [0, 0.05) is 35.3 Å². The molecule has 0 atom stereocenters. The van der Waals surface area contributed by atoms with Crippen LogP contribution in [0.25, 0.3) is 21.8 Å². The number of methoxy groups -OCH3 is 1. The molecule has 3 N–H and O–H groups in total. The molecule has 2 aromatic heterocycles. The van der Waals surface area contributed by atoms with Crippen LogP contribution in [0.5, 0.6) is 17.2 Å². The fourth-order valence-electron chi connectivity index (χ4n) is 2.81. The third-order valence-electron chi connectivity index (χ3n) is 4.11. The lowest BCUT2D eigenvalue weighted by Crippen LogP contribution is -2.06. The minimum absolute atomic E-state index is 0.0257. The lowest BCUT2D eigenvalue weighted by atomic mass is 10.2. The zero-order valence-electron chi connectivity index (χ0n) is 13.9. The monoisotopic (exact) mass is 352 g/mol. The molecule has 0 bridgehead atoms. The number of aromatic amines is 2. The second-order valence-corrected chi connectivity index (χ2v) is 5.71. The second kappa shape index (κ2) is 6.36. The Morgan fingerprint density at radius 1 is 1.04 bits per heavy atom. The summed E-state index contributed by atoms with van der Waals surface area (Å²) in [6, 6.07) is 12.6. The number of carboxylic acid groups (broad SMARTS) is 1. The fourth-order valence-corrected chi connectivity index (χ4v) is 2.81. The summed E-state index contributed by atoms with van der Waals surface area (Å²) in [4.78, 5) is 17.1. The van der Waals surface area contributed by atoms with Gasteiger partial charge in [-0.2, -0.15) is 0 Å². The van der Waals surface area contributed by atoms with Gasteiger partial charge in [-0.05, 0) is 29.7 Å². The summed E-state index contributed by atoms with van der Waals surface area (Å²) in [5.41, 5.74) is 1.67. The third kappa shape index (κ3) is 2.90. The Bertz CT molecular complexity index is 1100. The van der Waals surface area contributed by atoms with Gasteiger partial charge >= 0.3 is 5.97 Å². The van der Waals surface area contributed by atoms with Crippen LogP contribution in [0, 0.1) is 0 Å². The Hall–Kier alpha value is -3.61. The van der Waals surface area contributed by atoms with Gasteiger partial charge in [0.25, 0.3) is 0 Å². The Morgan fingerprint density at radius 2 is 1.88 bits per heavy atom. The summed E-state index contributed by atoms with van der Waals surface area (Å²) >= 11 is 0. The van der Waals surface area contributed by atoms with Crippen LogP contribution in [0.2, 0.25) is 0 Å². The zero-order chi connectivity index (χ0) is 18.1. The first-order valence-corrected chi connectivity index (χ1v) is 7.91. The van der Waals surface area contributed by atoms with Crippen LogP contribution in [-0.2, 0) is 0 Å². The molecule has 26 heavy (non-hydrogen) atoms. The summed E-state index contributed by atoms with van der Waals surface area (Å²) < 4.78 is 16.6. The third-order valence-corrected chi connectivity index (χ3v) is 4.11. The number of rotatable bonds is 6. The molecule has 0 spiro atoms. The van der Waals surface area contributed by atoms with Crippen LogP contribution in [0.1, 0.15) is 10.5 Å². The van der Waals surface area contributed by atoms with Crippen molar-refractivity contribution >= 4 is 27.8 Å². The highest BCUT2D eigenvalue weighted by Crippen LogP contribution is 2.32. The Kier molecular flexibility index (Phi) is 3.89. The van der Waals surface area contributed by atoms with Crippen molar-refractivity contribution in [2.45, 2.75) is 0 Å². The van der Waals surface area contributed by atoms with Crippen molar-refractivity contribution in [3.63, 3.8) is 0 Å². The SMILES string of the molecule is COc1cc(OCOc2ccc3cc[nH]c3c2)c2cc(C(=O)O)[nH]c2c1. The van der Waals surface area contributed by atoms with Crippen molar-refractivity contribution in [1.29, 1.82) is 0 Å². The molecule has 0 aliphatic heterocycles. The topological polar surface area (TPSA) is 96.6 Å². The molecule has 4 aromatic rings. The highest BCUT2D eigenvalue weighted by atomic mass is 16.7. The number of fused-ring (bicyclic) bond motifs is 2. The number of aromatic nitrogens is 2. The maximum atomic E-state index is 11.2. The molecule has 2 heterocycles. The van der Waals surface area contributed by atoms with Gasteiger partial charge in [-0.1, -0.05) is 0 Å². The van der Waals surface area contributed by atoms with E-state index in [1.807, 2.05) is 30.5 Å².